The number of hydrogen-bond acceptors (Lipinski definition) is 3. The molecule has 3 fully saturated rings. The second-order valence-electron chi connectivity index (χ2n) is 9.28. The molecule has 3 nitrogen and oxygen atoms in total. The van der Waals surface area contributed by atoms with E-state index in [1.165, 1.54) is 24.8 Å². The highest BCUT2D eigenvalue weighted by molar-refractivity contribution is 5.92. The Kier molecular flexibility index (Phi) is 3.46. The van der Waals surface area contributed by atoms with Gasteiger partial charge in [-0.15, -0.1) is 0 Å². The van der Waals surface area contributed by atoms with Crippen LogP contribution in [0.4, 0.5) is 0 Å². The van der Waals surface area contributed by atoms with Crippen LogP contribution in [0.2, 0.25) is 0 Å². The minimum absolute atomic E-state index is 0.000554. The maximum Gasteiger partial charge on any atom is 0.0757 e. The summed E-state index contributed by atoms with van der Waals surface area (Å²) in [7, 11) is 0. The second kappa shape index (κ2) is 5.08. The Bertz CT molecular complexity index is 568. The van der Waals surface area contributed by atoms with Gasteiger partial charge in [0.1, 0.15) is 0 Å². The average Bonchev–Trinajstić information content (AvgIpc) is 2.85. The van der Waals surface area contributed by atoms with Gasteiger partial charge in [0.25, 0.3) is 0 Å². The Balaban J connectivity index is 1.74. The highest BCUT2D eigenvalue weighted by Crippen LogP contribution is 2.64. The van der Waals surface area contributed by atoms with Crippen LogP contribution in [0, 0.1) is 34.5 Å². The van der Waals surface area contributed by atoms with Crippen molar-refractivity contribution < 1.29 is 10.3 Å². The van der Waals surface area contributed by atoms with Crippen molar-refractivity contribution >= 4 is 5.71 Å². The van der Waals surface area contributed by atoms with E-state index in [2.05, 4.69) is 32.0 Å². The molecular formula is C20H31NO2. The third-order valence-electron chi connectivity index (χ3n) is 8.24. The van der Waals surface area contributed by atoms with Crippen LogP contribution in [0.1, 0.15) is 65.7 Å². The first-order valence-electron chi connectivity index (χ1n) is 9.51. The highest BCUT2D eigenvalue weighted by Gasteiger charge is 2.60. The molecule has 0 spiro atoms. The maximum absolute atomic E-state index is 11.0. The van der Waals surface area contributed by atoms with Gasteiger partial charge in [0, 0.05) is 5.41 Å². The molecule has 4 aliphatic carbocycles. The molecule has 0 amide bonds. The number of aliphatic hydroxyl groups excluding tert-OH is 1. The van der Waals surface area contributed by atoms with Gasteiger partial charge < -0.3 is 10.3 Å². The molecule has 3 heteroatoms. The molecule has 2 N–H and O–H groups in total. The molecule has 3 saturated carbocycles. The molecule has 0 radical (unpaired) electrons. The van der Waals surface area contributed by atoms with Gasteiger partial charge in [-0.25, -0.2) is 0 Å². The Labute approximate surface area is 139 Å². The van der Waals surface area contributed by atoms with E-state index in [-0.39, 0.29) is 16.9 Å². The minimum Gasteiger partial charge on any atom is -0.411 e. The van der Waals surface area contributed by atoms with Gasteiger partial charge >= 0.3 is 0 Å². The van der Waals surface area contributed by atoms with Gasteiger partial charge in [-0.05, 0) is 74.0 Å². The first-order chi connectivity index (χ1) is 10.9. The zero-order valence-electron chi connectivity index (χ0n) is 14.8. The Morgan fingerprint density at radius 1 is 1.09 bits per heavy atom. The molecule has 4 aliphatic rings. The van der Waals surface area contributed by atoms with Gasteiger partial charge in [-0.2, -0.15) is 0 Å². The van der Waals surface area contributed by atoms with E-state index >= 15 is 0 Å². The molecule has 3 unspecified atom stereocenters. The summed E-state index contributed by atoms with van der Waals surface area (Å²) in [5.41, 5.74) is 2.80. The van der Waals surface area contributed by atoms with Crippen LogP contribution < -0.4 is 0 Å². The number of fused-ring (bicyclic) bond motifs is 5. The van der Waals surface area contributed by atoms with Crippen molar-refractivity contribution in [3.05, 3.63) is 11.6 Å². The Morgan fingerprint density at radius 3 is 2.52 bits per heavy atom. The lowest BCUT2D eigenvalue weighted by Crippen LogP contribution is -2.54. The van der Waals surface area contributed by atoms with E-state index in [4.69, 9.17) is 0 Å². The summed E-state index contributed by atoms with van der Waals surface area (Å²) >= 11 is 0. The lowest BCUT2D eigenvalue weighted by molar-refractivity contribution is -0.0662. The van der Waals surface area contributed by atoms with Crippen molar-refractivity contribution in [1.82, 2.24) is 0 Å². The fourth-order valence-electron chi connectivity index (χ4n) is 6.79. The monoisotopic (exact) mass is 317 g/mol. The Morgan fingerprint density at radius 2 is 1.78 bits per heavy atom. The van der Waals surface area contributed by atoms with Crippen LogP contribution in [0.5, 0.6) is 0 Å². The van der Waals surface area contributed by atoms with Crippen LogP contribution in [0.25, 0.3) is 0 Å². The van der Waals surface area contributed by atoms with Crippen molar-refractivity contribution in [2.45, 2.75) is 71.8 Å². The van der Waals surface area contributed by atoms with Gasteiger partial charge in [0.05, 0.1) is 11.8 Å². The molecule has 0 heterocycles. The fraction of sp³-hybridized carbons (Fsp3) is 0.850. The van der Waals surface area contributed by atoms with Gasteiger partial charge in [0.15, 0.2) is 0 Å². The van der Waals surface area contributed by atoms with E-state index in [0.29, 0.717) is 17.8 Å². The van der Waals surface area contributed by atoms with E-state index in [0.717, 1.165) is 37.3 Å². The number of hydrogen-bond donors (Lipinski definition) is 2. The number of nitrogens with zero attached hydrogens (tertiary/aromatic N) is 1. The number of aliphatic hydroxyl groups is 1. The number of allylic oxidation sites excluding steroid dienone is 1. The summed E-state index contributed by atoms with van der Waals surface area (Å²) in [5.74, 6) is 2.17. The smallest absolute Gasteiger partial charge is 0.0757 e. The number of oxime groups is 1. The standard InChI is InChI=1S/C20H31NO2/c1-12-6-8-19(2)13(10-12)11-16(22)18-14-4-5-17(21-23)20(14,3)9-7-15(18)19/h11-12,14-16,18,22-23H,4-10H2,1-3H3/b21-17-/t12-,14?,15?,16-,18?,19-,20-/m0/s1. The lowest BCUT2D eigenvalue weighted by atomic mass is 9.47. The molecule has 0 bridgehead atoms. The first-order valence-corrected chi connectivity index (χ1v) is 9.51. The van der Waals surface area contributed by atoms with Crippen molar-refractivity contribution in [1.29, 1.82) is 0 Å². The summed E-state index contributed by atoms with van der Waals surface area (Å²) in [5, 5.41) is 24.0. The predicted octanol–water partition coefficient (Wildman–Crippen LogP) is 4.39. The van der Waals surface area contributed by atoms with Crippen LogP contribution in [-0.2, 0) is 0 Å². The normalized spacial score (nSPS) is 54.2. The van der Waals surface area contributed by atoms with Crippen LogP contribution >= 0.6 is 0 Å². The van der Waals surface area contributed by atoms with Crippen molar-refractivity contribution in [2.75, 3.05) is 0 Å². The number of rotatable bonds is 0. The Hall–Kier alpha value is -0.830. The van der Waals surface area contributed by atoms with Gasteiger partial charge in [-0.3, -0.25) is 0 Å². The molecular weight excluding hydrogens is 286 g/mol. The van der Waals surface area contributed by atoms with Crippen LogP contribution in [0.3, 0.4) is 0 Å². The topological polar surface area (TPSA) is 52.8 Å². The molecule has 0 aliphatic heterocycles. The first kappa shape index (κ1) is 15.7. The van der Waals surface area contributed by atoms with Crippen molar-refractivity contribution in [2.24, 2.45) is 39.7 Å². The molecule has 0 aromatic heterocycles. The SMILES string of the molecule is C[C@H]1CC[C@@]2(C)C(=C[C@H](O)C3C2CC[C@]2(C)/C(=N\O)CCC32)C1. The van der Waals surface area contributed by atoms with Gasteiger partial charge in [0.2, 0.25) is 0 Å². The van der Waals surface area contributed by atoms with E-state index in [9.17, 15) is 10.3 Å². The molecule has 0 aromatic carbocycles. The van der Waals surface area contributed by atoms with E-state index in [1.807, 2.05) is 0 Å². The van der Waals surface area contributed by atoms with Gasteiger partial charge in [-0.1, -0.05) is 37.6 Å². The second-order valence-corrected chi connectivity index (χ2v) is 9.28. The van der Waals surface area contributed by atoms with Crippen LogP contribution in [0.15, 0.2) is 16.8 Å². The largest absolute Gasteiger partial charge is 0.411 e. The zero-order chi connectivity index (χ0) is 16.4. The van der Waals surface area contributed by atoms with Crippen LogP contribution in [-0.4, -0.2) is 22.1 Å². The summed E-state index contributed by atoms with van der Waals surface area (Å²) in [6, 6.07) is 0. The third-order valence-corrected chi connectivity index (χ3v) is 8.24. The zero-order valence-corrected chi connectivity index (χ0v) is 14.8. The summed E-state index contributed by atoms with van der Waals surface area (Å²) in [4.78, 5) is 0. The molecule has 23 heavy (non-hydrogen) atoms. The molecule has 7 atom stereocenters. The maximum atomic E-state index is 11.0. The molecule has 0 aromatic rings. The summed E-state index contributed by atoms with van der Waals surface area (Å²) in [6.07, 6.45) is 9.92. The van der Waals surface area contributed by atoms with E-state index in [1.54, 1.807) is 0 Å². The summed E-state index contributed by atoms with van der Waals surface area (Å²) < 4.78 is 0. The average molecular weight is 317 g/mol. The van der Waals surface area contributed by atoms with Crippen molar-refractivity contribution in [3.63, 3.8) is 0 Å². The predicted molar refractivity (Wildman–Crippen MR) is 91.5 cm³/mol. The summed E-state index contributed by atoms with van der Waals surface area (Å²) in [6.45, 7) is 7.08. The lowest BCUT2D eigenvalue weighted by Gasteiger charge is -2.58. The molecule has 4 rings (SSSR count). The third kappa shape index (κ3) is 2.01. The molecule has 128 valence electrons. The molecule has 0 saturated heterocycles. The fourth-order valence-corrected chi connectivity index (χ4v) is 6.79. The minimum atomic E-state index is -0.309. The van der Waals surface area contributed by atoms with E-state index < -0.39 is 0 Å². The quantitative estimate of drug-likeness (QED) is 0.395. The van der Waals surface area contributed by atoms with Crippen molar-refractivity contribution in [3.8, 4) is 0 Å². The highest BCUT2D eigenvalue weighted by atomic mass is 16.4.